The van der Waals surface area contributed by atoms with E-state index in [1.54, 1.807) is 0 Å². The number of hydroxylamine groups is 1. The molecule has 1 unspecified atom stereocenters. The fourth-order valence-corrected chi connectivity index (χ4v) is 5.98. The minimum atomic E-state index is -0.577. The summed E-state index contributed by atoms with van der Waals surface area (Å²) < 4.78 is 21.4. The van der Waals surface area contributed by atoms with Crippen LogP contribution in [0.2, 0.25) is 0 Å². The number of unbranched alkanes of at least 4 members (excludes halogenated alkanes) is 16. The third-order valence-corrected chi connectivity index (χ3v) is 9.04. The van der Waals surface area contributed by atoms with Gasteiger partial charge in [-0.2, -0.15) is 0 Å². The molecule has 1 atom stereocenters. The summed E-state index contributed by atoms with van der Waals surface area (Å²) >= 11 is 0. The van der Waals surface area contributed by atoms with Crippen molar-refractivity contribution in [2.45, 2.75) is 193 Å². The summed E-state index contributed by atoms with van der Waals surface area (Å²) in [5.74, 6) is 0. The largest absolute Gasteiger partial charge is 0.508 e. The van der Waals surface area contributed by atoms with E-state index >= 15 is 0 Å². The second kappa shape index (κ2) is 37.6. The first-order valence-corrected chi connectivity index (χ1v) is 20.4. The average molecular weight is 703 g/mol. The minimum absolute atomic E-state index is 0.0602. The number of nitrogens with one attached hydrogen (secondary N) is 1. The second-order valence-electron chi connectivity index (χ2n) is 13.7. The van der Waals surface area contributed by atoms with Gasteiger partial charge >= 0.3 is 12.3 Å². The molecular formula is C39H78N2O8. The standard InChI is InChI=1S/C39H78N2O8/c1-4-7-10-12-14-18-27-37(28-19-15-13-11-8-5-2)49-39(44)48-34-24-20-26-36(40-45)35-41(30-25-31-42)29-21-16-17-23-33-47-38(43)46-32-22-9-6-3/h36-37,40,42,45H,4-35H2,1-3H3. The van der Waals surface area contributed by atoms with Crippen molar-refractivity contribution < 1.29 is 38.9 Å². The Morgan fingerprint density at radius 2 is 0.980 bits per heavy atom. The van der Waals surface area contributed by atoms with Gasteiger partial charge in [0.2, 0.25) is 0 Å². The Hall–Kier alpha value is -1.62. The molecule has 49 heavy (non-hydrogen) atoms. The first-order valence-electron chi connectivity index (χ1n) is 20.4. The first-order chi connectivity index (χ1) is 24.0. The van der Waals surface area contributed by atoms with Gasteiger partial charge in [-0.05, 0) is 77.2 Å². The van der Waals surface area contributed by atoms with Crippen LogP contribution in [0.1, 0.15) is 181 Å². The van der Waals surface area contributed by atoms with Gasteiger partial charge in [0.05, 0.1) is 19.8 Å². The molecule has 10 nitrogen and oxygen atoms in total. The van der Waals surface area contributed by atoms with E-state index in [2.05, 4.69) is 31.2 Å². The molecule has 292 valence electrons. The Morgan fingerprint density at radius 1 is 0.551 bits per heavy atom. The van der Waals surface area contributed by atoms with E-state index in [-0.39, 0.29) is 18.8 Å². The third-order valence-electron chi connectivity index (χ3n) is 9.04. The van der Waals surface area contributed by atoms with Crippen molar-refractivity contribution in [3.05, 3.63) is 0 Å². The number of nitrogens with zero attached hydrogens (tertiary/aromatic N) is 1. The van der Waals surface area contributed by atoms with Crippen LogP contribution < -0.4 is 5.48 Å². The van der Waals surface area contributed by atoms with Crippen LogP contribution in [0.3, 0.4) is 0 Å². The van der Waals surface area contributed by atoms with E-state index in [1.807, 2.05) is 0 Å². The molecule has 0 heterocycles. The maximum absolute atomic E-state index is 12.5. The lowest BCUT2D eigenvalue weighted by Gasteiger charge is -2.26. The van der Waals surface area contributed by atoms with Crippen molar-refractivity contribution in [3.8, 4) is 0 Å². The molecule has 0 bridgehead atoms. The first kappa shape index (κ1) is 47.4. The van der Waals surface area contributed by atoms with E-state index in [0.29, 0.717) is 39.2 Å². The Labute approximate surface area is 300 Å². The summed E-state index contributed by atoms with van der Waals surface area (Å²) in [6.07, 6.45) is 25.0. The van der Waals surface area contributed by atoms with Gasteiger partial charge in [0.15, 0.2) is 0 Å². The van der Waals surface area contributed by atoms with E-state index < -0.39 is 12.3 Å². The number of rotatable bonds is 37. The normalized spacial score (nSPS) is 12.1. The van der Waals surface area contributed by atoms with Crippen molar-refractivity contribution in [2.75, 3.05) is 46.1 Å². The molecular weight excluding hydrogens is 624 g/mol. The molecule has 0 aliphatic carbocycles. The van der Waals surface area contributed by atoms with Crippen LogP contribution in [0, 0.1) is 0 Å². The van der Waals surface area contributed by atoms with Crippen molar-refractivity contribution in [2.24, 2.45) is 0 Å². The summed E-state index contributed by atoms with van der Waals surface area (Å²) in [4.78, 5) is 26.4. The molecule has 0 saturated heterocycles. The number of carbonyl (C=O) groups excluding carboxylic acids is 2. The number of carbonyl (C=O) groups is 2. The van der Waals surface area contributed by atoms with Crippen molar-refractivity contribution in [1.29, 1.82) is 0 Å². The Bertz CT molecular complexity index is 699. The van der Waals surface area contributed by atoms with Gasteiger partial charge in [0.1, 0.15) is 6.10 Å². The van der Waals surface area contributed by atoms with Crippen LogP contribution in [0.5, 0.6) is 0 Å². The highest BCUT2D eigenvalue weighted by Gasteiger charge is 2.17. The number of aliphatic hydroxyl groups excluding tert-OH is 1. The highest BCUT2D eigenvalue weighted by molar-refractivity contribution is 5.60. The quantitative estimate of drug-likeness (QED) is 0.0327. The van der Waals surface area contributed by atoms with Crippen molar-refractivity contribution in [3.63, 3.8) is 0 Å². The maximum Gasteiger partial charge on any atom is 0.508 e. The predicted molar refractivity (Wildman–Crippen MR) is 198 cm³/mol. The summed E-state index contributed by atoms with van der Waals surface area (Å²) in [6.45, 7) is 10.1. The topological polar surface area (TPSA) is 127 Å². The molecule has 0 radical (unpaired) electrons. The molecule has 0 aromatic heterocycles. The number of aliphatic hydroxyl groups is 1. The molecule has 0 amide bonds. The van der Waals surface area contributed by atoms with Crippen molar-refractivity contribution in [1.82, 2.24) is 10.4 Å². The molecule has 0 fully saturated rings. The molecule has 0 aliphatic rings. The van der Waals surface area contributed by atoms with E-state index in [0.717, 1.165) is 96.6 Å². The lowest BCUT2D eigenvalue weighted by Crippen LogP contribution is -2.41. The molecule has 0 aliphatic heterocycles. The zero-order valence-corrected chi connectivity index (χ0v) is 32.1. The van der Waals surface area contributed by atoms with Gasteiger partial charge in [0, 0.05) is 25.7 Å². The van der Waals surface area contributed by atoms with E-state index in [4.69, 9.17) is 18.9 Å². The average Bonchev–Trinajstić information content (AvgIpc) is 3.10. The third kappa shape index (κ3) is 33.3. The van der Waals surface area contributed by atoms with Gasteiger partial charge in [-0.3, -0.25) is 0 Å². The second-order valence-corrected chi connectivity index (χ2v) is 13.7. The van der Waals surface area contributed by atoms with E-state index in [1.165, 1.54) is 64.2 Å². The van der Waals surface area contributed by atoms with Crippen LogP contribution in [-0.2, 0) is 18.9 Å². The molecule has 3 N–H and O–H groups in total. The van der Waals surface area contributed by atoms with Crippen LogP contribution in [0.25, 0.3) is 0 Å². The lowest BCUT2D eigenvalue weighted by molar-refractivity contribution is 0.0150. The van der Waals surface area contributed by atoms with Crippen molar-refractivity contribution >= 4 is 12.3 Å². The predicted octanol–water partition coefficient (Wildman–Crippen LogP) is 10.1. The van der Waals surface area contributed by atoms with Gasteiger partial charge in [0.25, 0.3) is 0 Å². The number of ether oxygens (including phenoxy) is 4. The Balaban J connectivity index is 4.33. The van der Waals surface area contributed by atoms with E-state index in [9.17, 15) is 19.9 Å². The smallest absolute Gasteiger partial charge is 0.434 e. The highest BCUT2D eigenvalue weighted by Crippen LogP contribution is 2.18. The zero-order chi connectivity index (χ0) is 36.0. The number of hydrogen-bond donors (Lipinski definition) is 3. The van der Waals surface area contributed by atoms with Gasteiger partial charge in [-0.15, -0.1) is 0 Å². The van der Waals surface area contributed by atoms with Crippen LogP contribution >= 0.6 is 0 Å². The Morgan fingerprint density at radius 3 is 1.55 bits per heavy atom. The highest BCUT2D eigenvalue weighted by atomic mass is 16.7. The molecule has 0 aromatic rings. The minimum Gasteiger partial charge on any atom is -0.434 e. The SMILES string of the molecule is CCCCCCCCC(CCCCCCCC)OC(=O)OCCCCC(CN(CCCO)CCCCCCOC(=O)OCCCCC)NO. The zero-order valence-electron chi connectivity index (χ0n) is 32.1. The van der Waals surface area contributed by atoms with Gasteiger partial charge in [-0.1, -0.05) is 111 Å². The van der Waals surface area contributed by atoms with Crippen LogP contribution in [0.4, 0.5) is 9.59 Å². The molecule has 10 heteroatoms. The maximum atomic E-state index is 12.5. The summed E-state index contributed by atoms with van der Waals surface area (Å²) in [5.41, 5.74) is 2.46. The lowest BCUT2D eigenvalue weighted by atomic mass is 10.0. The molecule has 0 rings (SSSR count). The summed E-state index contributed by atoms with van der Waals surface area (Å²) in [7, 11) is 0. The molecule has 0 spiro atoms. The fraction of sp³-hybridized carbons (Fsp3) is 0.949. The van der Waals surface area contributed by atoms with Gasteiger partial charge < -0.3 is 34.2 Å². The monoisotopic (exact) mass is 703 g/mol. The molecule has 0 aromatic carbocycles. The van der Waals surface area contributed by atoms with Gasteiger partial charge in [-0.25, -0.2) is 15.1 Å². The van der Waals surface area contributed by atoms with Crippen LogP contribution in [0.15, 0.2) is 0 Å². The Kier molecular flexibility index (Phi) is 36.4. The number of hydrogen-bond acceptors (Lipinski definition) is 10. The molecule has 0 saturated carbocycles. The summed E-state index contributed by atoms with van der Waals surface area (Å²) in [5, 5.41) is 19.2. The fourth-order valence-electron chi connectivity index (χ4n) is 5.98. The summed E-state index contributed by atoms with van der Waals surface area (Å²) in [6, 6.07) is -0.110. The van der Waals surface area contributed by atoms with Crippen LogP contribution in [-0.4, -0.2) is 85.7 Å².